The Bertz CT molecular complexity index is 639. The number of rotatable bonds is 2. The van der Waals surface area contributed by atoms with Crippen molar-refractivity contribution in [2.75, 3.05) is 17.7 Å². The van der Waals surface area contributed by atoms with Gasteiger partial charge in [0.15, 0.2) is 0 Å². The van der Waals surface area contributed by atoms with Gasteiger partial charge < -0.3 is 10.6 Å². The lowest BCUT2D eigenvalue weighted by Crippen LogP contribution is -2.28. The molecule has 0 spiro atoms. The predicted molar refractivity (Wildman–Crippen MR) is 84.2 cm³/mol. The molecule has 3 heteroatoms. The predicted octanol–water partition coefficient (Wildman–Crippen LogP) is 3.47. The molecule has 0 atom stereocenters. The number of nitrogen functional groups attached to an aromatic ring is 1. The zero-order valence-electron chi connectivity index (χ0n) is 12.4. The van der Waals surface area contributed by atoms with Gasteiger partial charge in [0.2, 0.25) is 0 Å². The molecule has 0 aliphatic heterocycles. The number of para-hydroxylation sites is 2. The number of nitrogens with zero attached hydrogens (tertiary/aromatic N) is 1. The van der Waals surface area contributed by atoms with Crippen LogP contribution >= 0.6 is 0 Å². The van der Waals surface area contributed by atoms with Crippen molar-refractivity contribution in [3.8, 4) is 0 Å². The van der Waals surface area contributed by atoms with Crippen molar-refractivity contribution in [1.82, 2.24) is 0 Å². The minimum Gasteiger partial charge on any atom is -0.397 e. The smallest absolute Gasteiger partial charge is 0.258 e. The highest BCUT2D eigenvalue weighted by Gasteiger charge is 2.19. The van der Waals surface area contributed by atoms with Crippen molar-refractivity contribution in [2.45, 2.75) is 20.8 Å². The largest absolute Gasteiger partial charge is 0.397 e. The van der Waals surface area contributed by atoms with E-state index in [1.807, 2.05) is 51.1 Å². The van der Waals surface area contributed by atoms with E-state index in [0.29, 0.717) is 5.69 Å². The number of carbonyl (C=O) groups excluding carboxylic acids is 1. The number of amides is 1. The van der Waals surface area contributed by atoms with Gasteiger partial charge in [-0.3, -0.25) is 4.79 Å². The zero-order chi connectivity index (χ0) is 14.9. The average molecular weight is 268 g/mol. The summed E-state index contributed by atoms with van der Waals surface area (Å²) in [5, 5.41) is 0. The van der Waals surface area contributed by atoms with Gasteiger partial charge in [0.05, 0.1) is 11.4 Å². The fourth-order valence-corrected chi connectivity index (χ4v) is 2.59. The number of carbonyl (C=O) groups is 1. The van der Waals surface area contributed by atoms with Crippen LogP contribution in [0.2, 0.25) is 0 Å². The Labute approximate surface area is 120 Å². The number of hydrogen-bond donors (Lipinski definition) is 1. The topological polar surface area (TPSA) is 46.3 Å². The first-order valence-electron chi connectivity index (χ1n) is 6.62. The molecule has 0 fully saturated rings. The summed E-state index contributed by atoms with van der Waals surface area (Å²) in [4.78, 5) is 14.3. The quantitative estimate of drug-likeness (QED) is 0.848. The normalized spacial score (nSPS) is 10.4. The van der Waals surface area contributed by atoms with E-state index in [0.717, 1.165) is 22.4 Å². The molecule has 20 heavy (non-hydrogen) atoms. The zero-order valence-corrected chi connectivity index (χ0v) is 12.4. The fourth-order valence-electron chi connectivity index (χ4n) is 2.59. The molecule has 0 radical (unpaired) electrons. The Balaban J connectivity index is 2.45. The first-order chi connectivity index (χ1) is 9.41. The molecule has 2 aromatic rings. The van der Waals surface area contributed by atoms with Crippen LogP contribution in [0.5, 0.6) is 0 Å². The highest BCUT2D eigenvalue weighted by atomic mass is 16.2. The van der Waals surface area contributed by atoms with E-state index in [-0.39, 0.29) is 5.91 Å². The Morgan fingerprint density at radius 3 is 2.15 bits per heavy atom. The van der Waals surface area contributed by atoms with E-state index in [4.69, 9.17) is 5.73 Å². The third-order valence-corrected chi connectivity index (χ3v) is 3.49. The monoisotopic (exact) mass is 268 g/mol. The van der Waals surface area contributed by atoms with Gasteiger partial charge in [-0.05, 0) is 44.0 Å². The maximum absolute atomic E-state index is 12.7. The summed E-state index contributed by atoms with van der Waals surface area (Å²) in [6.45, 7) is 5.97. The van der Waals surface area contributed by atoms with Gasteiger partial charge in [-0.25, -0.2) is 0 Å². The second-order valence-corrected chi connectivity index (χ2v) is 5.20. The highest BCUT2D eigenvalue weighted by molar-refractivity contribution is 6.09. The molecular weight excluding hydrogens is 248 g/mol. The fraction of sp³-hybridized carbons (Fsp3) is 0.235. The molecule has 0 aliphatic carbocycles. The maximum atomic E-state index is 12.7. The van der Waals surface area contributed by atoms with E-state index in [1.165, 1.54) is 5.56 Å². The Morgan fingerprint density at radius 2 is 1.60 bits per heavy atom. The molecule has 0 unspecified atom stereocenters. The van der Waals surface area contributed by atoms with E-state index in [2.05, 4.69) is 0 Å². The van der Waals surface area contributed by atoms with Crippen LogP contribution in [0.3, 0.4) is 0 Å². The number of hydrogen-bond acceptors (Lipinski definition) is 2. The van der Waals surface area contributed by atoms with Gasteiger partial charge in [0, 0.05) is 12.6 Å². The van der Waals surface area contributed by atoms with Gasteiger partial charge in [-0.15, -0.1) is 0 Å². The number of nitrogens with two attached hydrogens (primary N) is 1. The van der Waals surface area contributed by atoms with Crippen LogP contribution in [0.25, 0.3) is 0 Å². The standard InChI is InChI=1S/C17H20N2O/c1-11-9-12(2)16(13(3)10-11)17(20)19(4)15-8-6-5-7-14(15)18/h5-10H,18H2,1-4H3. The van der Waals surface area contributed by atoms with Gasteiger partial charge in [-0.1, -0.05) is 29.8 Å². The second-order valence-electron chi connectivity index (χ2n) is 5.20. The van der Waals surface area contributed by atoms with Crippen LogP contribution in [0.4, 0.5) is 11.4 Å². The van der Waals surface area contributed by atoms with Crippen LogP contribution in [-0.4, -0.2) is 13.0 Å². The number of benzene rings is 2. The maximum Gasteiger partial charge on any atom is 0.258 e. The molecule has 0 saturated carbocycles. The summed E-state index contributed by atoms with van der Waals surface area (Å²) in [6.07, 6.45) is 0. The Morgan fingerprint density at radius 1 is 1.05 bits per heavy atom. The third kappa shape index (κ3) is 2.52. The Hall–Kier alpha value is -2.29. The minimum atomic E-state index is -0.0297. The first kappa shape index (κ1) is 14.1. The highest BCUT2D eigenvalue weighted by Crippen LogP contribution is 2.25. The average Bonchev–Trinajstić information content (AvgIpc) is 2.37. The van der Waals surface area contributed by atoms with E-state index in [1.54, 1.807) is 18.0 Å². The molecule has 3 nitrogen and oxygen atoms in total. The second kappa shape index (κ2) is 5.37. The molecule has 0 bridgehead atoms. The van der Waals surface area contributed by atoms with Crippen LogP contribution < -0.4 is 10.6 Å². The van der Waals surface area contributed by atoms with E-state index < -0.39 is 0 Å². The van der Waals surface area contributed by atoms with Crippen molar-refractivity contribution in [1.29, 1.82) is 0 Å². The summed E-state index contributed by atoms with van der Waals surface area (Å²) in [5.74, 6) is -0.0297. The molecule has 2 N–H and O–H groups in total. The summed E-state index contributed by atoms with van der Waals surface area (Å²) < 4.78 is 0. The molecule has 0 aromatic heterocycles. The van der Waals surface area contributed by atoms with Crippen LogP contribution in [0, 0.1) is 20.8 Å². The van der Waals surface area contributed by atoms with Gasteiger partial charge >= 0.3 is 0 Å². The lowest BCUT2D eigenvalue weighted by molar-refractivity contribution is 0.0992. The third-order valence-electron chi connectivity index (χ3n) is 3.49. The summed E-state index contributed by atoms with van der Waals surface area (Å²) in [5.41, 5.74) is 11.2. The molecule has 0 aliphatic rings. The lowest BCUT2D eigenvalue weighted by atomic mass is 9.98. The van der Waals surface area contributed by atoms with Gasteiger partial charge in [-0.2, -0.15) is 0 Å². The molecule has 1 amide bonds. The SMILES string of the molecule is Cc1cc(C)c(C(=O)N(C)c2ccccc2N)c(C)c1. The summed E-state index contributed by atoms with van der Waals surface area (Å²) in [7, 11) is 1.76. The first-order valence-corrected chi connectivity index (χ1v) is 6.62. The van der Waals surface area contributed by atoms with Crippen molar-refractivity contribution in [2.24, 2.45) is 0 Å². The summed E-state index contributed by atoms with van der Waals surface area (Å²) >= 11 is 0. The van der Waals surface area contributed by atoms with Crippen LogP contribution in [0.1, 0.15) is 27.0 Å². The number of anilines is 2. The van der Waals surface area contributed by atoms with Crippen molar-refractivity contribution < 1.29 is 4.79 Å². The molecule has 104 valence electrons. The van der Waals surface area contributed by atoms with Crippen molar-refractivity contribution in [3.05, 3.63) is 58.7 Å². The van der Waals surface area contributed by atoms with Gasteiger partial charge in [0.1, 0.15) is 0 Å². The molecule has 0 saturated heterocycles. The molecule has 2 aromatic carbocycles. The number of aryl methyl sites for hydroxylation is 3. The molecule has 0 heterocycles. The van der Waals surface area contributed by atoms with Crippen LogP contribution in [-0.2, 0) is 0 Å². The summed E-state index contributed by atoms with van der Waals surface area (Å²) in [6, 6.07) is 11.5. The van der Waals surface area contributed by atoms with Gasteiger partial charge in [0.25, 0.3) is 5.91 Å². The molecule has 2 rings (SSSR count). The Kier molecular flexibility index (Phi) is 3.79. The van der Waals surface area contributed by atoms with Crippen LogP contribution in [0.15, 0.2) is 36.4 Å². The minimum absolute atomic E-state index is 0.0297. The van der Waals surface area contributed by atoms with E-state index in [9.17, 15) is 4.79 Å². The van der Waals surface area contributed by atoms with Crippen molar-refractivity contribution in [3.63, 3.8) is 0 Å². The molecular formula is C17H20N2O. The van der Waals surface area contributed by atoms with Crippen molar-refractivity contribution >= 4 is 17.3 Å². The lowest BCUT2D eigenvalue weighted by Gasteiger charge is -2.21. The van der Waals surface area contributed by atoms with E-state index >= 15 is 0 Å².